The molecular weight excluding hydrogens is 285 g/mol. The van der Waals surface area contributed by atoms with E-state index in [9.17, 15) is 13.2 Å². The summed E-state index contributed by atoms with van der Waals surface area (Å²) < 4.78 is 46.6. The van der Waals surface area contributed by atoms with Gasteiger partial charge >= 0.3 is 6.36 Å². The average molecular weight is 304 g/mol. The van der Waals surface area contributed by atoms with E-state index in [0.29, 0.717) is 12.2 Å². The number of morpholine rings is 1. The summed E-state index contributed by atoms with van der Waals surface area (Å²) in [5.74, 6) is -0.218. The van der Waals surface area contributed by atoms with Gasteiger partial charge in [0.25, 0.3) is 0 Å². The van der Waals surface area contributed by atoms with Gasteiger partial charge in [0.1, 0.15) is 5.75 Å². The molecule has 4 nitrogen and oxygen atoms in total. The molecule has 0 radical (unpaired) electrons. The zero-order valence-corrected chi connectivity index (χ0v) is 12.0. The Morgan fingerprint density at radius 3 is 2.81 bits per heavy atom. The van der Waals surface area contributed by atoms with Gasteiger partial charge in [0.05, 0.1) is 18.8 Å². The largest absolute Gasteiger partial charge is 0.573 e. The zero-order valence-electron chi connectivity index (χ0n) is 12.0. The Kier molecular flexibility index (Phi) is 5.08. The van der Waals surface area contributed by atoms with Crippen molar-refractivity contribution < 1.29 is 22.6 Å². The number of hydrogen-bond donors (Lipinski definition) is 1. The molecule has 1 N–H and O–H groups in total. The van der Waals surface area contributed by atoms with Crippen LogP contribution in [0.4, 0.5) is 13.2 Å². The van der Waals surface area contributed by atoms with Gasteiger partial charge in [-0.2, -0.15) is 0 Å². The van der Waals surface area contributed by atoms with Crippen LogP contribution in [0, 0.1) is 0 Å². The van der Waals surface area contributed by atoms with Crippen molar-refractivity contribution in [2.75, 3.05) is 33.8 Å². The summed E-state index contributed by atoms with van der Waals surface area (Å²) in [6, 6.07) is 5.81. The molecule has 21 heavy (non-hydrogen) atoms. The van der Waals surface area contributed by atoms with Crippen molar-refractivity contribution in [3.8, 4) is 5.75 Å². The molecule has 0 spiro atoms. The Balaban J connectivity index is 2.16. The highest BCUT2D eigenvalue weighted by atomic mass is 19.4. The van der Waals surface area contributed by atoms with Gasteiger partial charge in [-0.25, -0.2) is 0 Å². The molecule has 118 valence electrons. The molecule has 2 rings (SSSR count). The number of hydrogen-bond acceptors (Lipinski definition) is 4. The molecule has 1 heterocycles. The lowest BCUT2D eigenvalue weighted by Crippen LogP contribution is -2.46. The van der Waals surface area contributed by atoms with Crippen LogP contribution in [-0.2, 0) is 4.74 Å². The molecule has 1 aromatic carbocycles. The maximum Gasteiger partial charge on any atom is 0.573 e. The highest BCUT2D eigenvalue weighted by Gasteiger charge is 2.32. The minimum Gasteiger partial charge on any atom is -0.406 e. The molecule has 1 saturated heterocycles. The third kappa shape index (κ3) is 4.59. The summed E-state index contributed by atoms with van der Waals surface area (Å²) in [6.07, 6.45) is -4.80. The van der Waals surface area contributed by atoms with Crippen molar-refractivity contribution in [3.05, 3.63) is 29.8 Å². The van der Waals surface area contributed by atoms with E-state index in [-0.39, 0.29) is 17.9 Å². The summed E-state index contributed by atoms with van der Waals surface area (Å²) in [5, 5.41) is 3.11. The molecule has 0 saturated carbocycles. The summed E-state index contributed by atoms with van der Waals surface area (Å²) in [7, 11) is 3.76. The molecule has 1 fully saturated rings. The number of nitrogens with zero attached hydrogens (tertiary/aromatic N) is 1. The van der Waals surface area contributed by atoms with Gasteiger partial charge in [0, 0.05) is 13.1 Å². The first-order valence-corrected chi connectivity index (χ1v) is 6.72. The smallest absolute Gasteiger partial charge is 0.406 e. The number of nitrogens with one attached hydrogen (secondary N) is 1. The third-order valence-electron chi connectivity index (χ3n) is 3.43. The molecule has 1 aliphatic heterocycles. The van der Waals surface area contributed by atoms with Gasteiger partial charge in [0.15, 0.2) is 0 Å². The van der Waals surface area contributed by atoms with Crippen molar-refractivity contribution >= 4 is 0 Å². The van der Waals surface area contributed by atoms with E-state index in [2.05, 4.69) is 15.0 Å². The summed E-state index contributed by atoms with van der Waals surface area (Å²) in [5.41, 5.74) is 0.708. The number of likely N-dealkylation sites (N-methyl/N-ethyl adjacent to an activating group) is 2. The molecule has 1 aliphatic rings. The maximum absolute atomic E-state index is 12.3. The quantitative estimate of drug-likeness (QED) is 0.924. The van der Waals surface area contributed by atoms with Crippen molar-refractivity contribution in [2.45, 2.75) is 18.5 Å². The molecule has 0 aromatic heterocycles. The average Bonchev–Trinajstić information content (AvgIpc) is 2.38. The van der Waals surface area contributed by atoms with Crippen molar-refractivity contribution in [2.24, 2.45) is 0 Å². The van der Waals surface area contributed by atoms with Crippen molar-refractivity contribution in [1.29, 1.82) is 0 Å². The second-order valence-electron chi connectivity index (χ2n) is 5.06. The van der Waals surface area contributed by atoms with E-state index >= 15 is 0 Å². The fourth-order valence-corrected chi connectivity index (χ4v) is 2.49. The maximum atomic E-state index is 12.3. The Bertz CT molecular complexity index is 468. The normalized spacial score (nSPS) is 22.0. The highest BCUT2D eigenvalue weighted by molar-refractivity contribution is 5.31. The lowest BCUT2D eigenvalue weighted by molar-refractivity contribution is -0.274. The van der Waals surface area contributed by atoms with E-state index in [0.717, 1.165) is 13.1 Å². The SMILES string of the molecule is CNC(c1cccc(OC(F)(F)F)c1)C1CN(C)CCO1. The lowest BCUT2D eigenvalue weighted by atomic mass is 10.00. The van der Waals surface area contributed by atoms with Gasteiger partial charge in [0.2, 0.25) is 0 Å². The predicted molar refractivity (Wildman–Crippen MR) is 72.2 cm³/mol. The second kappa shape index (κ2) is 6.64. The Labute approximate surface area is 121 Å². The standard InChI is InChI=1S/C14H19F3N2O2/c1-18-13(12-9-19(2)6-7-20-12)10-4-3-5-11(8-10)21-14(15,16)17/h3-5,8,12-13,18H,6-7,9H2,1-2H3. The minimum atomic E-state index is -4.69. The Morgan fingerprint density at radius 2 is 2.19 bits per heavy atom. The topological polar surface area (TPSA) is 33.7 Å². The van der Waals surface area contributed by atoms with Crippen molar-refractivity contribution in [1.82, 2.24) is 10.2 Å². The van der Waals surface area contributed by atoms with Gasteiger partial charge in [-0.1, -0.05) is 12.1 Å². The first kappa shape index (κ1) is 16.1. The van der Waals surface area contributed by atoms with Crippen LogP contribution in [0.5, 0.6) is 5.75 Å². The van der Waals surface area contributed by atoms with Crippen LogP contribution in [0.25, 0.3) is 0 Å². The predicted octanol–water partition coefficient (Wildman–Crippen LogP) is 2.18. The fraction of sp³-hybridized carbons (Fsp3) is 0.571. The summed E-state index contributed by atoms with van der Waals surface area (Å²) >= 11 is 0. The van der Waals surface area contributed by atoms with Crippen molar-refractivity contribution in [3.63, 3.8) is 0 Å². The van der Waals surface area contributed by atoms with E-state index in [1.54, 1.807) is 19.2 Å². The van der Waals surface area contributed by atoms with Crippen LogP contribution >= 0.6 is 0 Å². The molecule has 2 unspecified atom stereocenters. The van der Waals surface area contributed by atoms with Gasteiger partial charge in [-0.15, -0.1) is 13.2 Å². The fourth-order valence-electron chi connectivity index (χ4n) is 2.49. The third-order valence-corrected chi connectivity index (χ3v) is 3.43. The zero-order chi connectivity index (χ0) is 15.5. The van der Waals surface area contributed by atoms with Gasteiger partial charge in [-0.3, -0.25) is 0 Å². The summed E-state index contributed by atoms with van der Waals surface area (Å²) in [4.78, 5) is 2.13. The molecular formula is C14H19F3N2O2. The van der Waals surface area contributed by atoms with E-state index in [1.165, 1.54) is 12.1 Å². The molecule has 0 bridgehead atoms. The Morgan fingerprint density at radius 1 is 1.43 bits per heavy atom. The van der Waals surface area contributed by atoms with Crippen LogP contribution < -0.4 is 10.1 Å². The number of alkyl halides is 3. The van der Waals surface area contributed by atoms with Gasteiger partial charge in [-0.05, 0) is 31.8 Å². The molecule has 1 aromatic rings. The first-order valence-electron chi connectivity index (χ1n) is 6.72. The molecule has 2 atom stereocenters. The Hall–Kier alpha value is -1.31. The van der Waals surface area contributed by atoms with Crippen LogP contribution in [0.3, 0.4) is 0 Å². The minimum absolute atomic E-state index is 0.116. The monoisotopic (exact) mass is 304 g/mol. The van der Waals surface area contributed by atoms with Crippen LogP contribution in [0.15, 0.2) is 24.3 Å². The van der Waals surface area contributed by atoms with Crippen LogP contribution in [0.1, 0.15) is 11.6 Å². The van der Waals surface area contributed by atoms with Crippen LogP contribution in [0.2, 0.25) is 0 Å². The number of benzene rings is 1. The molecule has 0 amide bonds. The van der Waals surface area contributed by atoms with E-state index in [4.69, 9.17) is 4.74 Å². The molecule has 0 aliphatic carbocycles. The molecule has 7 heteroatoms. The second-order valence-corrected chi connectivity index (χ2v) is 5.06. The number of ether oxygens (including phenoxy) is 2. The highest BCUT2D eigenvalue weighted by Crippen LogP contribution is 2.28. The van der Waals surface area contributed by atoms with Crippen LogP contribution in [-0.4, -0.2) is 51.2 Å². The first-order chi connectivity index (χ1) is 9.89. The summed E-state index contributed by atoms with van der Waals surface area (Å²) in [6.45, 7) is 2.18. The van der Waals surface area contributed by atoms with E-state index < -0.39 is 6.36 Å². The van der Waals surface area contributed by atoms with E-state index in [1.807, 2.05) is 7.05 Å². The van der Waals surface area contributed by atoms with Gasteiger partial charge < -0.3 is 19.7 Å². The number of rotatable bonds is 4. The lowest BCUT2D eigenvalue weighted by Gasteiger charge is -2.35. The number of halogens is 3.